The van der Waals surface area contributed by atoms with E-state index in [-0.39, 0.29) is 23.8 Å². The van der Waals surface area contributed by atoms with E-state index in [1.807, 2.05) is 0 Å². The zero-order chi connectivity index (χ0) is 11.8. The van der Waals surface area contributed by atoms with E-state index in [0.717, 1.165) is 12.8 Å². The molecule has 1 saturated carbocycles. The molecule has 0 aromatic heterocycles. The molecule has 0 heterocycles. The summed E-state index contributed by atoms with van der Waals surface area (Å²) < 4.78 is 5.11. The lowest BCUT2D eigenvalue weighted by atomic mass is 9.90. The maximum Gasteiger partial charge on any atom is 0.325 e. The van der Waals surface area contributed by atoms with Crippen LogP contribution in [0.25, 0.3) is 0 Å². The van der Waals surface area contributed by atoms with Crippen LogP contribution in [0.3, 0.4) is 0 Å². The number of hydrogen-bond acceptors (Lipinski definition) is 3. The van der Waals surface area contributed by atoms with Gasteiger partial charge in [-0.1, -0.05) is 35.2 Å². The molecule has 1 aliphatic carbocycles. The molecule has 4 nitrogen and oxygen atoms in total. The van der Waals surface area contributed by atoms with Crippen LogP contribution in [0.2, 0.25) is 0 Å². The van der Waals surface area contributed by atoms with Gasteiger partial charge in [-0.15, -0.1) is 0 Å². The van der Waals surface area contributed by atoms with Gasteiger partial charge in [-0.3, -0.25) is 9.59 Å². The predicted molar refractivity (Wildman–Crippen MR) is 64.3 cm³/mol. The van der Waals surface area contributed by atoms with Crippen molar-refractivity contribution in [1.82, 2.24) is 5.32 Å². The molecule has 0 aromatic carbocycles. The summed E-state index contributed by atoms with van der Waals surface area (Å²) in [6.45, 7) is 0.472. The average molecular weight is 292 g/mol. The van der Waals surface area contributed by atoms with E-state index in [1.54, 1.807) is 0 Å². The van der Waals surface area contributed by atoms with Gasteiger partial charge in [-0.2, -0.15) is 0 Å². The lowest BCUT2D eigenvalue weighted by Crippen LogP contribution is -2.32. The van der Waals surface area contributed by atoms with Crippen molar-refractivity contribution in [3.63, 3.8) is 0 Å². The molecular weight excluding hydrogens is 274 g/mol. The fourth-order valence-electron chi connectivity index (χ4n) is 1.83. The Morgan fingerprint density at radius 3 is 2.56 bits per heavy atom. The van der Waals surface area contributed by atoms with E-state index in [4.69, 9.17) is 4.74 Å². The SMILES string of the molecule is O=C(CBr)NCC(=O)OCC1CCCCC1. The standard InChI is InChI=1S/C11H18BrNO3/c12-6-10(14)13-7-11(15)16-8-9-4-2-1-3-5-9/h9H,1-8H2,(H,13,14). The van der Waals surface area contributed by atoms with Gasteiger partial charge in [0.25, 0.3) is 0 Å². The van der Waals surface area contributed by atoms with Crippen LogP contribution < -0.4 is 5.32 Å². The molecule has 1 N–H and O–H groups in total. The summed E-state index contributed by atoms with van der Waals surface area (Å²) in [7, 11) is 0. The number of carbonyl (C=O) groups excluding carboxylic acids is 2. The van der Waals surface area contributed by atoms with Crippen molar-refractivity contribution in [3.8, 4) is 0 Å². The van der Waals surface area contributed by atoms with Crippen LogP contribution in [0.1, 0.15) is 32.1 Å². The molecule has 16 heavy (non-hydrogen) atoms. The molecule has 1 fully saturated rings. The molecule has 92 valence electrons. The Bertz CT molecular complexity index is 239. The van der Waals surface area contributed by atoms with Gasteiger partial charge >= 0.3 is 5.97 Å². The molecule has 1 aliphatic rings. The van der Waals surface area contributed by atoms with Gasteiger partial charge in [-0.05, 0) is 18.8 Å². The number of amides is 1. The number of nitrogens with one attached hydrogen (secondary N) is 1. The minimum absolute atomic E-state index is 0.0306. The number of halogens is 1. The zero-order valence-corrected chi connectivity index (χ0v) is 10.9. The average Bonchev–Trinajstić information content (AvgIpc) is 2.34. The van der Waals surface area contributed by atoms with Crippen molar-refractivity contribution in [2.24, 2.45) is 5.92 Å². The highest BCUT2D eigenvalue weighted by atomic mass is 79.9. The van der Waals surface area contributed by atoms with Gasteiger partial charge < -0.3 is 10.1 Å². The zero-order valence-electron chi connectivity index (χ0n) is 9.34. The van der Waals surface area contributed by atoms with Gasteiger partial charge in [0.15, 0.2) is 0 Å². The molecule has 0 aromatic rings. The Labute approximate surface area is 104 Å². The first-order valence-electron chi connectivity index (χ1n) is 5.70. The Morgan fingerprint density at radius 1 is 1.25 bits per heavy atom. The fraction of sp³-hybridized carbons (Fsp3) is 0.818. The molecule has 0 spiro atoms. The highest BCUT2D eigenvalue weighted by Gasteiger charge is 2.15. The summed E-state index contributed by atoms with van der Waals surface area (Å²) in [6, 6.07) is 0. The van der Waals surface area contributed by atoms with Crippen molar-refractivity contribution in [2.45, 2.75) is 32.1 Å². The van der Waals surface area contributed by atoms with Crippen molar-refractivity contribution in [3.05, 3.63) is 0 Å². The van der Waals surface area contributed by atoms with Crippen LogP contribution in [-0.2, 0) is 14.3 Å². The maximum atomic E-state index is 11.3. The number of esters is 1. The first kappa shape index (κ1) is 13.5. The van der Waals surface area contributed by atoms with Crippen LogP contribution >= 0.6 is 15.9 Å². The Morgan fingerprint density at radius 2 is 1.94 bits per heavy atom. The molecule has 0 radical (unpaired) electrons. The summed E-state index contributed by atoms with van der Waals surface area (Å²) in [5, 5.41) is 2.67. The van der Waals surface area contributed by atoms with Crippen LogP contribution in [0.5, 0.6) is 0 Å². The molecule has 0 atom stereocenters. The summed E-state index contributed by atoms with van der Waals surface area (Å²) in [5.74, 6) is -0.0286. The third-order valence-corrected chi connectivity index (χ3v) is 3.27. The minimum Gasteiger partial charge on any atom is -0.464 e. The van der Waals surface area contributed by atoms with E-state index in [9.17, 15) is 9.59 Å². The van der Waals surface area contributed by atoms with Gasteiger partial charge in [0, 0.05) is 0 Å². The number of rotatable bonds is 5. The van der Waals surface area contributed by atoms with Crippen LogP contribution in [0.15, 0.2) is 0 Å². The second-order valence-electron chi connectivity index (χ2n) is 4.10. The molecule has 0 aliphatic heterocycles. The topological polar surface area (TPSA) is 55.4 Å². The van der Waals surface area contributed by atoms with E-state index >= 15 is 0 Å². The number of hydrogen-bond donors (Lipinski definition) is 1. The summed E-state index contributed by atoms with van der Waals surface area (Å²) in [5.41, 5.74) is 0. The van der Waals surface area contributed by atoms with Crippen LogP contribution in [0, 0.1) is 5.92 Å². The third-order valence-electron chi connectivity index (χ3n) is 2.76. The normalized spacial score (nSPS) is 16.8. The molecule has 1 amide bonds. The van der Waals surface area contributed by atoms with Gasteiger partial charge in [0.1, 0.15) is 6.54 Å². The lowest BCUT2D eigenvalue weighted by molar-refractivity contribution is -0.145. The summed E-state index contributed by atoms with van der Waals surface area (Å²) in [4.78, 5) is 22.1. The maximum absolute atomic E-state index is 11.3. The lowest BCUT2D eigenvalue weighted by Gasteiger charge is -2.20. The largest absolute Gasteiger partial charge is 0.464 e. The van der Waals surface area contributed by atoms with Gasteiger partial charge in [0.2, 0.25) is 5.91 Å². The summed E-state index contributed by atoms with van der Waals surface area (Å²) >= 11 is 3.00. The second-order valence-corrected chi connectivity index (χ2v) is 4.66. The highest BCUT2D eigenvalue weighted by Crippen LogP contribution is 2.23. The summed E-state index contributed by atoms with van der Waals surface area (Å²) in [6.07, 6.45) is 6.08. The first-order chi connectivity index (χ1) is 7.72. The Hall–Kier alpha value is -0.580. The fourth-order valence-corrected chi connectivity index (χ4v) is 2.03. The van der Waals surface area contributed by atoms with E-state index in [0.29, 0.717) is 12.5 Å². The van der Waals surface area contributed by atoms with Crippen LogP contribution in [0.4, 0.5) is 0 Å². The van der Waals surface area contributed by atoms with Crippen molar-refractivity contribution >= 4 is 27.8 Å². The predicted octanol–water partition coefficient (Wildman–Crippen LogP) is 1.62. The van der Waals surface area contributed by atoms with Crippen molar-refractivity contribution < 1.29 is 14.3 Å². The molecule has 0 saturated heterocycles. The minimum atomic E-state index is -0.347. The smallest absolute Gasteiger partial charge is 0.325 e. The van der Waals surface area contributed by atoms with Crippen molar-refractivity contribution in [2.75, 3.05) is 18.5 Å². The first-order valence-corrected chi connectivity index (χ1v) is 6.83. The van der Waals surface area contributed by atoms with E-state index < -0.39 is 0 Å². The molecule has 5 heteroatoms. The number of alkyl halides is 1. The molecular formula is C11H18BrNO3. The van der Waals surface area contributed by atoms with Crippen molar-refractivity contribution in [1.29, 1.82) is 0 Å². The van der Waals surface area contributed by atoms with E-state index in [1.165, 1.54) is 19.3 Å². The van der Waals surface area contributed by atoms with Gasteiger partial charge in [-0.25, -0.2) is 0 Å². The Balaban J connectivity index is 2.07. The highest BCUT2D eigenvalue weighted by molar-refractivity contribution is 9.09. The molecule has 0 bridgehead atoms. The number of ether oxygens (including phenoxy) is 1. The number of carbonyl (C=O) groups is 2. The quantitative estimate of drug-likeness (QED) is 0.619. The second kappa shape index (κ2) is 7.65. The molecule has 1 rings (SSSR count). The monoisotopic (exact) mass is 291 g/mol. The van der Waals surface area contributed by atoms with Crippen LogP contribution in [-0.4, -0.2) is 30.4 Å². The van der Waals surface area contributed by atoms with E-state index in [2.05, 4.69) is 21.2 Å². The third kappa shape index (κ3) is 5.49. The molecule has 0 unspecified atom stereocenters. The Kier molecular flexibility index (Phi) is 6.45. The van der Waals surface area contributed by atoms with Gasteiger partial charge in [0.05, 0.1) is 11.9 Å².